The third-order valence-electron chi connectivity index (χ3n) is 6.53. The minimum Gasteiger partial charge on any atom is -0.394 e. The molecule has 3 heterocycles. The molecule has 0 spiro atoms. The lowest BCUT2D eigenvalue weighted by Gasteiger charge is -2.25. The number of rotatable bonds is 6. The highest BCUT2D eigenvalue weighted by Crippen LogP contribution is 2.33. The van der Waals surface area contributed by atoms with Gasteiger partial charge < -0.3 is 19.9 Å². The van der Waals surface area contributed by atoms with E-state index in [-0.39, 0.29) is 12.6 Å². The van der Waals surface area contributed by atoms with Crippen LogP contribution in [0.25, 0.3) is 11.2 Å². The number of aromatic nitrogens is 4. The molecule has 2 fully saturated rings. The molecule has 2 N–H and O–H groups in total. The van der Waals surface area contributed by atoms with Crippen LogP contribution in [0.15, 0.2) is 36.7 Å². The summed E-state index contributed by atoms with van der Waals surface area (Å²) in [6.45, 7) is 1.70. The number of nitrogens with zero attached hydrogens (tertiary/aromatic N) is 5. The maximum absolute atomic E-state index is 9.82. The minimum absolute atomic E-state index is 0.0930. The molecule has 1 aliphatic heterocycles. The van der Waals surface area contributed by atoms with E-state index in [9.17, 15) is 5.11 Å². The number of aliphatic hydroxyl groups excluding tert-OH is 1. The molecule has 0 amide bonds. The van der Waals surface area contributed by atoms with E-state index in [1.807, 2.05) is 24.5 Å². The summed E-state index contributed by atoms with van der Waals surface area (Å²) in [7, 11) is 0. The van der Waals surface area contributed by atoms with Crippen LogP contribution in [0.3, 0.4) is 0 Å². The zero-order chi connectivity index (χ0) is 20.3. The molecule has 0 radical (unpaired) electrons. The molecule has 1 aromatic carbocycles. The van der Waals surface area contributed by atoms with Crippen LogP contribution in [0, 0.1) is 0 Å². The molecule has 1 atom stereocenters. The van der Waals surface area contributed by atoms with Crippen LogP contribution in [0.1, 0.15) is 56.6 Å². The highest BCUT2D eigenvalue weighted by molar-refractivity contribution is 5.84. The van der Waals surface area contributed by atoms with Gasteiger partial charge >= 0.3 is 0 Å². The monoisotopic (exact) mass is 406 g/mol. The molecule has 0 bridgehead atoms. The van der Waals surface area contributed by atoms with Gasteiger partial charge in [-0.2, -0.15) is 9.97 Å². The minimum atomic E-state index is 0.0930. The predicted octanol–water partition coefficient (Wildman–Crippen LogP) is 3.90. The molecular formula is C23H30N6O. The molecule has 1 saturated carbocycles. The number of benzene rings is 1. The summed E-state index contributed by atoms with van der Waals surface area (Å²) in [5, 5.41) is 13.3. The summed E-state index contributed by atoms with van der Waals surface area (Å²) in [6.07, 6.45) is 10.2. The number of imidazole rings is 1. The second-order valence-electron chi connectivity index (χ2n) is 8.50. The van der Waals surface area contributed by atoms with Crippen molar-refractivity contribution in [1.29, 1.82) is 0 Å². The van der Waals surface area contributed by atoms with Gasteiger partial charge in [-0.15, -0.1) is 0 Å². The number of fused-ring (bicyclic) bond motifs is 1. The van der Waals surface area contributed by atoms with E-state index in [0.717, 1.165) is 36.4 Å². The van der Waals surface area contributed by atoms with Crippen LogP contribution >= 0.6 is 0 Å². The maximum Gasteiger partial charge on any atom is 0.229 e. The van der Waals surface area contributed by atoms with Gasteiger partial charge in [0.15, 0.2) is 17.0 Å². The van der Waals surface area contributed by atoms with E-state index >= 15 is 0 Å². The first-order valence-corrected chi connectivity index (χ1v) is 11.2. The van der Waals surface area contributed by atoms with E-state index in [2.05, 4.69) is 26.9 Å². The van der Waals surface area contributed by atoms with Crippen molar-refractivity contribution in [2.24, 2.45) is 0 Å². The fraction of sp³-hybridized carbons (Fsp3) is 0.522. The molecule has 2 aromatic heterocycles. The van der Waals surface area contributed by atoms with Crippen molar-refractivity contribution < 1.29 is 5.11 Å². The van der Waals surface area contributed by atoms with E-state index in [4.69, 9.17) is 15.0 Å². The predicted molar refractivity (Wildman–Crippen MR) is 119 cm³/mol. The molecular weight excluding hydrogens is 376 g/mol. The van der Waals surface area contributed by atoms with Crippen molar-refractivity contribution in [1.82, 2.24) is 19.5 Å². The van der Waals surface area contributed by atoms with Crippen LogP contribution in [-0.2, 0) is 6.54 Å². The summed E-state index contributed by atoms with van der Waals surface area (Å²) in [5.41, 5.74) is 2.94. The standard InChI is InChI=1S/C23H30N6O/c30-15-19-12-7-13-28(19)23-26-21(24-14-17-8-3-1-4-9-17)20-22(27-23)29(16-25-20)18-10-5-2-6-11-18/h1,3-4,8-9,16,18-19,30H,2,5-7,10-15H2,(H,24,26,27). The fourth-order valence-corrected chi connectivity index (χ4v) is 4.85. The van der Waals surface area contributed by atoms with Crippen molar-refractivity contribution in [2.45, 2.75) is 63.6 Å². The molecule has 158 valence electrons. The average Bonchev–Trinajstić information content (AvgIpc) is 3.45. The Bertz CT molecular complexity index is 982. The largest absolute Gasteiger partial charge is 0.394 e. The third-order valence-corrected chi connectivity index (χ3v) is 6.53. The van der Waals surface area contributed by atoms with Crippen molar-refractivity contribution in [3.63, 3.8) is 0 Å². The number of nitrogens with one attached hydrogen (secondary N) is 1. The lowest BCUT2D eigenvalue weighted by atomic mass is 9.95. The molecule has 1 saturated heterocycles. The molecule has 1 aliphatic carbocycles. The normalized spacial score (nSPS) is 20.2. The van der Waals surface area contributed by atoms with Gasteiger partial charge in [-0.3, -0.25) is 0 Å². The summed E-state index contributed by atoms with van der Waals surface area (Å²) < 4.78 is 2.26. The molecule has 7 nitrogen and oxygen atoms in total. The lowest BCUT2D eigenvalue weighted by molar-refractivity contribution is 0.265. The Kier molecular flexibility index (Phi) is 5.53. The third kappa shape index (κ3) is 3.74. The van der Waals surface area contributed by atoms with Gasteiger partial charge in [0, 0.05) is 19.1 Å². The highest BCUT2D eigenvalue weighted by atomic mass is 16.3. The van der Waals surface area contributed by atoms with Gasteiger partial charge in [0.1, 0.15) is 0 Å². The Morgan fingerprint density at radius 1 is 1.00 bits per heavy atom. The number of aliphatic hydroxyl groups is 1. The summed E-state index contributed by atoms with van der Waals surface area (Å²) in [4.78, 5) is 16.7. The van der Waals surface area contributed by atoms with Crippen molar-refractivity contribution >= 4 is 22.9 Å². The van der Waals surface area contributed by atoms with Gasteiger partial charge in [-0.05, 0) is 31.2 Å². The molecule has 1 unspecified atom stereocenters. The second-order valence-corrected chi connectivity index (χ2v) is 8.50. The SMILES string of the molecule is OCC1CCCN1c1nc(NCc2ccccc2)c2ncn(C3CCCCC3)c2n1. The number of anilines is 2. The molecule has 5 rings (SSSR count). The molecule has 30 heavy (non-hydrogen) atoms. The highest BCUT2D eigenvalue weighted by Gasteiger charge is 2.28. The Morgan fingerprint density at radius 2 is 1.83 bits per heavy atom. The summed E-state index contributed by atoms with van der Waals surface area (Å²) >= 11 is 0. The average molecular weight is 407 g/mol. The zero-order valence-electron chi connectivity index (χ0n) is 17.4. The number of hydrogen-bond acceptors (Lipinski definition) is 6. The maximum atomic E-state index is 9.82. The van der Waals surface area contributed by atoms with Crippen molar-refractivity contribution in [3.8, 4) is 0 Å². The Labute approximate surface area is 177 Å². The Hall–Kier alpha value is -2.67. The molecule has 2 aliphatic rings. The molecule has 3 aromatic rings. The second kappa shape index (κ2) is 8.60. The first kappa shape index (κ1) is 19.3. The van der Waals surface area contributed by atoms with E-state index in [0.29, 0.717) is 18.5 Å². The van der Waals surface area contributed by atoms with Gasteiger partial charge in [-0.1, -0.05) is 49.6 Å². The lowest BCUT2D eigenvalue weighted by Crippen LogP contribution is -2.33. The quantitative estimate of drug-likeness (QED) is 0.646. The topological polar surface area (TPSA) is 79.1 Å². The van der Waals surface area contributed by atoms with Gasteiger partial charge in [0.05, 0.1) is 19.0 Å². The zero-order valence-corrected chi connectivity index (χ0v) is 17.4. The number of hydrogen-bond donors (Lipinski definition) is 2. The van der Waals surface area contributed by atoms with Crippen LogP contribution in [0.5, 0.6) is 0 Å². The van der Waals surface area contributed by atoms with E-state index in [1.165, 1.54) is 37.7 Å². The van der Waals surface area contributed by atoms with Crippen molar-refractivity contribution in [2.75, 3.05) is 23.4 Å². The van der Waals surface area contributed by atoms with Crippen LogP contribution in [0.2, 0.25) is 0 Å². The van der Waals surface area contributed by atoms with Crippen LogP contribution in [-0.4, -0.2) is 43.8 Å². The first-order chi connectivity index (χ1) is 14.8. The van der Waals surface area contributed by atoms with Crippen LogP contribution in [0.4, 0.5) is 11.8 Å². The fourth-order valence-electron chi connectivity index (χ4n) is 4.85. The Balaban J connectivity index is 1.53. The van der Waals surface area contributed by atoms with Crippen LogP contribution < -0.4 is 10.2 Å². The summed E-state index contributed by atoms with van der Waals surface area (Å²) in [5.74, 6) is 1.48. The van der Waals surface area contributed by atoms with Gasteiger partial charge in [0.2, 0.25) is 5.95 Å². The van der Waals surface area contributed by atoms with E-state index < -0.39 is 0 Å². The van der Waals surface area contributed by atoms with Crippen molar-refractivity contribution in [3.05, 3.63) is 42.2 Å². The Morgan fingerprint density at radius 3 is 2.63 bits per heavy atom. The smallest absolute Gasteiger partial charge is 0.229 e. The van der Waals surface area contributed by atoms with Gasteiger partial charge in [0.25, 0.3) is 0 Å². The first-order valence-electron chi connectivity index (χ1n) is 11.2. The van der Waals surface area contributed by atoms with E-state index in [1.54, 1.807) is 0 Å². The van der Waals surface area contributed by atoms with Gasteiger partial charge in [-0.25, -0.2) is 4.98 Å². The molecule has 7 heteroatoms. The summed E-state index contributed by atoms with van der Waals surface area (Å²) in [6, 6.07) is 10.9.